The molecule has 0 radical (unpaired) electrons. The highest BCUT2D eigenvalue weighted by molar-refractivity contribution is 9.10. The molecule has 770 valence electrons. The summed E-state index contributed by atoms with van der Waals surface area (Å²) in [6, 6.07) is 2.87. The Bertz CT molecular complexity index is 4180. The van der Waals surface area contributed by atoms with E-state index in [1.54, 1.807) is 0 Å². The van der Waals surface area contributed by atoms with Crippen LogP contribution in [-0.2, 0) is 53.8 Å². The number of esters is 1. The number of hydrogen-bond acceptors (Lipinski definition) is 20. The molecule has 13 saturated carbocycles. The van der Waals surface area contributed by atoms with Crippen molar-refractivity contribution < 1.29 is 96.9 Å². The lowest BCUT2D eigenvalue weighted by atomic mass is 9.45. The van der Waals surface area contributed by atoms with Gasteiger partial charge >= 0.3 is 30.6 Å². The highest BCUT2D eigenvalue weighted by atomic mass is 79.9. The van der Waals surface area contributed by atoms with Crippen LogP contribution in [0.1, 0.15) is 382 Å². The molecule has 0 unspecified atom stereocenters. The second-order valence-corrected chi connectivity index (χ2v) is 57.9. The summed E-state index contributed by atoms with van der Waals surface area (Å²) in [6.45, 7) is 58.8. The van der Waals surface area contributed by atoms with Gasteiger partial charge < -0.3 is 68.2 Å². The van der Waals surface area contributed by atoms with Gasteiger partial charge in [0.2, 0.25) is 0 Å². The van der Waals surface area contributed by atoms with E-state index in [2.05, 4.69) is 232 Å². The van der Waals surface area contributed by atoms with Gasteiger partial charge in [0, 0.05) is 73.2 Å². The molecule has 18 rings (SSSR count). The molecule has 0 amide bonds. The fourth-order valence-electron chi connectivity index (χ4n) is 34.0. The number of phenolic OH excluding ortho intramolecular Hbond substituents is 2. The number of hydrogen-bond donors (Lipinski definition) is 5. The van der Waals surface area contributed by atoms with Gasteiger partial charge in [0.05, 0.1) is 23.4 Å². The average Bonchev–Trinajstić information content (AvgIpc) is 0.731. The van der Waals surface area contributed by atoms with Crippen LogP contribution in [-0.4, -0.2) is 160 Å². The van der Waals surface area contributed by atoms with E-state index in [9.17, 15) is 54.3 Å². The summed E-state index contributed by atoms with van der Waals surface area (Å²) in [5, 5.41) is 50.7. The molecule has 13 aliphatic carbocycles. The van der Waals surface area contributed by atoms with Crippen molar-refractivity contribution in [3.63, 3.8) is 0 Å². The normalized spacial score (nSPS) is 45.4. The van der Waals surface area contributed by atoms with Crippen molar-refractivity contribution >= 4 is 117 Å². The van der Waals surface area contributed by atoms with E-state index in [4.69, 9.17) is 42.6 Å². The molecule has 0 bridgehead atoms. The summed E-state index contributed by atoms with van der Waals surface area (Å²) in [5.74, 6) is 5.45. The smallest absolute Gasteiger partial charge is 0.508 e. The summed E-state index contributed by atoms with van der Waals surface area (Å²) >= 11 is 19.4. The van der Waals surface area contributed by atoms with E-state index in [-0.39, 0.29) is 123 Å². The Hall–Kier alpha value is -2.68. The lowest BCUT2D eigenvalue weighted by Crippen LogP contribution is -2.63. The van der Waals surface area contributed by atoms with Crippen LogP contribution in [0.4, 0.5) is 19.2 Å². The highest BCUT2D eigenvalue weighted by Crippen LogP contribution is 2.71. The minimum atomic E-state index is -0.754. The summed E-state index contributed by atoms with van der Waals surface area (Å²) < 4.78 is 48.7. The number of fused-ring (bicyclic) bond motifs is 14. The van der Waals surface area contributed by atoms with Crippen LogP contribution in [0, 0.1) is 142 Å². The van der Waals surface area contributed by atoms with Gasteiger partial charge in [-0.25, -0.2) is 19.2 Å². The van der Waals surface area contributed by atoms with Gasteiger partial charge in [-0.2, -0.15) is 0 Å². The lowest BCUT2D eigenvalue weighted by Gasteiger charge is -2.63. The van der Waals surface area contributed by atoms with E-state index in [0.717, 1.165) is 108 Å². The molecule has 0 aromatic heterocycles. The number of benzene rings is 1. The third kappa shape index (κ3) is 21.1. The molecule has 17 fully saturated rings. The van der Waals surface area contributed by atoms with E-state index in [1.165, 1.54) is 115 Å². The molecule has 5 N–H and O–H groups in total. The maximum absolute atomic E-state index is 11.5. The molecule has 1 aromatic carbocycles. The molecular formula is C110H175Br5O20. The predicted molar refractivity (Wildman–Crippen MR) is 546 cm³/mol. The van der Waals surface area contributed by atoms with Gasteiger partial charge in [-0.1, -0.05) is 243 Å². The molecule has 20 nitrogen and oxygen atoms in total. The number of aliphatic hydroxyl groups is 3. The lowest BCUT2D eigenvalue weighted by molar-refractivity contribution is -0.214. The number of cyclic esters (lactones) is 4. The second-order valence-electron chi connectivity index (χ2n) is 52.3. The molecule has 135 heavy (non-hydrogen) atoms. The van der Waals surface area contributed by atoms with Crippen LogP contribution in [0.25, 0.3) is 0 Å². The second kappa shape index (κ2) is 40.3. The number of phenols is 2. The number of carbonyl (C=O) groups is 6. The van der Waals surface area contributed by atoms with Gasteiger partial charge in [-0.05, 0) is 326 Å². The number of ether oxygens (including phenoxy) is 9. The standard InChI is InChI=1S/C17H29BrO3.3C16H25BrO3.C16H26O3.C15H27BrO2.C14H18O3/c1-11(19)21-10-13-16(4)8-7-14(18)15(2,3)12(16)6-9-17(13,5)20;3*1-14(2)10-5-8-16(4)11(9-19-13(18)20-16)15(10,3)7-6-12(14)17;1-14(2)7-5-8-15(3)11(14)6-9-16(4)12(15)10-18-13(17)19-16;1-13(2)10-5-8-15(4,18)11(9-17)14(10,3)7-6-12(13)16;15-9-12-8-13(16)11(7-14(12)17)6-10-4-2-1-3-5-10/h12-14,20H,6-10H2,1-5H3;3*10-12H,5-9H2,1-4H3;11-12H,5-10H2,1-4H3;10-12,17-18H,5-9H2,1-4H3;7-10,16-17H,1-6H2/t12-,13-,14-,16-,17+;10-,11+,12+,15+,16+;10-,11-,12+,15+,16+;10-,11-,12-,15-,16+;11-,12-,15-,16+;10-,11-,12-,14-,15+;/m011000./s1. The predicted octanol–water partition coefficient (Wildman–Crippen LogP) is 28.0. The van der Waals surface area contributed by atoms with Crippen molar-refractivity contribution in [2.75, 3.05) is 39.6 Å². The number of aliphatic hydroxyl groups excluding tert-OH is 1. The van der Waals surface area contributed by atoms with Gasteiger partial charge in [0.25, 0.3) is 0 Å². The van der Waals surface area contributed by atoms with Gasteiger partial charge in [0.15, 0.2) is 6.29 Å². The zero-order valence-electron chi connectivity index (χ0n) is 87.0. The number of carbonyl (C=O) groups excluding carboxylic acids is 6. The van der Waals surface area contributed by atoms with Crippen LogP contribution in [0.2, 0.25) is 0 Å². The van der Waals surface area contributed by atoms with Crippen molar-refractivity contribution in [1.82, 2.24) is 0 Å². The molecule has 0 spiro atoms. The number of halogens is 5. The molecule has 4 heterocycles. The fourth-order valence-corrected chi connectivity index (χ4v) is 36.8. The number of alkyl halides is 5. The molecule has 1 aromatic rings. The molecular weight excluding hydrogens is 2040 g/mol. The van der Waals surface area contributed by atoms with Gasteiger partial charge in [-0.3, -0.25) is 9.59 Å². The number of rotatable bonds is 6. The number of aromatic hydroxyl groups is 2. The minimum absolute atomic E-state index is 0.00280. The monoisotopic (exact) mass is 2210 g/mol. The fraction of sp³-hybridized carbons (Fsp3) is 0.891. The Balaban J connectivity index is 0.000000142. The molecule has 29 atom stereocenters. The van der Waals surface area contributed by atoms with Crippen LogP contribution < -0.4 is 0 Å². The summed E-state index contributed by atoms with van der Waals surface area (Å²) in [5.41, 5.74) is 0.664. The van der Waals surface area contributed by atoms with Crippen molar-refractivity contribution in [1.29, 1.82) is 0 Å². The first kappa shape index (κ1) is 111. The van der Waals surface area contributed by atoms with Crippen LogP contribution >= 0.6 is 79.6 Å². The summed E-state index contributed by atoms with van der Waals surface area (Å²) in [6.07, 6.45) is 33.0. The molecule has 4 saturated heterocycles. The number of aldehydes is 1. The first-order chi connectivity index (χ1) is 62.3. The molecule has 25 heteroatoms. The summed E-state index contributed by atoms with van der Waals surface area (Å²) in [4.78, 5) is 70.6. The SMILES string of the molecule is CC(=O)OC[C@H]1[C@@]2(C)CC[C@H](Br)C(C)(C)[C@@H]2CC[C@@]1(C)O.CC1(C)CCC[C@@]2(C)[C@H]1CC[C@@]1(C)OC(=O)OC[C@@H]21.CC1(C)[C@@H](Br)CC[C@@]2(C)[C@H]1CC[C@@](C)(O)[C@H]2CO.CC1(C)[C@@H](Br)CC[C@@]2(C)[C@H]1CC[C@@]1(C)OC(=O)OC[C@@H]21.CC1(C)[C@H]2CC[C@]3(C)OC(=O)OC[C@@H]3[C@@]2(C)CC[C@@H]1Br.CC1(C)[C@H]2CC[C@]3(C)OC(=O)OC[C@H]3[C@@]2(C)CC[C@@H]1Br.O=Cc1cc(O)c(CC2CCCCC2)cc1O. The van der Waals surface area contributed by atoms with Crippen molar-refractivity contribution in [3.05, 3.63) is 23.3 Å². The van der Waals surface area contributed by atoms with Crippen LogP contribution in [0.5, 0.6) is 11.5 Å². The summed E-state index contributed by atoms with van der Waals surface area (Å²) in [7, 11) is 0. The van der Waals surface area contributed by atoms with Gasteiger partial charge in [0.1, 0.15) is 60.3 Å². The highest BCUT2D eigenvalue weighted by Gasteiger charge is 2.70. The first-order valence-electron chi connectivity index (χ1n) is 52.1. The first-order valence-corrected chi connectivity index (χ1v) is 56.7. The van der Waals surface area contributed by atoms with Gasteiger partial charge in [-0.15, -0.1) is 0 Å². The van der Waals surface area contributed by atoms with Crippen molar-refractivity contribution in [2.45, 2.75) is 430 Å². The van der Waals surface area contributed by atoms with E-state index >= 15 is 0 Å². The topological polar surface area (TPSA) is 287 Å². The van der Waals surface area contributed by atoms with Crippen LogP contribution in [0.3, 0.4) is 0 Å². The van der Waals surface area contributed by atoms with E-state index in [0.29, 0.717) is 134 Å². The Morgan fingerprint density at radius 3 is 0.985 bits per heavy atom. The zero-order chi connectivity index (χ0) is 100. The zero-order valence-corrected chi connectivity index (χ0v) is 95.0. The Morgan fingerprint density at radius 1 is 0.363 bits per heavy atom. The Morgan fingerprint density at radius 2 is 0.659 bits per heavy atom. The maximum atomic E-state index is 11.5. The third-order valence-electron chi connectivity index (χ3n) is 42.2. The Kier molecular flexibility index (Phi) is 33.1. The maximum Gasteiger partial charge on any atom is 0.508 e. The van der Waals surface area contributed by atoms with Crippen molar-refractivity contribution in [2.24, 2.45) is 142 Å². The Labute approximate surface area is 853 Å². The van der Waals surface area contributed by atoms with E-state index < -0.39 is 35.8 Å². The average molecular weight is 2220 g/mol. The van der Waals surface area contributed by atoms with E-state index in [1.807, 2.05) is 13.8 Å². The quantitative estimate of drug-likeness (QED) is 0.0581. The molecule has 17 aliphatic rings. The van der Waals surface area contributed by atoms with Crippen LogP contribution in [0.15, 0.2) is 12.1 Å². The molecule has 4 aliphatic heterocycles. The van der Waals surface area contributed by atoms with Crippen molar-refractivity contribution in [3.8, 4) is 11.5 Å². The minimum Gasteiger partial charge on any atom is -0.508 e. The third-order valence-corrected chi connectivity index (χ3v) is 50.4. The largest absolute Gasteiger partial charge is 0.508 e.